The number of aryl methyl sites for hydroxylation is 1. The average Bonchev–Trinajstić information content (AvgIpc) is 2.49. The molecule has 2 aromatic carbocycles. The maximum absolute atomic E-state index is 12.4. The monoisotopic (exact) mass is 382 g/mol. The summed E-state index contributed by atoms with van der Waals surface area (Å²) in [6, 6.07) is 11.1. The highest BCUT2D eigenvalue weighted by atomic mass is 79.9. The molecule has 0 aliphatic carbocycles. The van der Waals surface area contributed by atoms with Crippen LogP contribution in [0.15, 0.2) is 51.8 Å². The minimum Gasteiger partial charge on any atom is -0.355 e. The smallest absolute Gasteiger partial charge is 0.261 e. The van der Waals surface area contributed by atoms with Crippen LogP contribution in [0, 0.1) is 6.92 Å². The van der Waals surface area contributed by atoms with Gasteiger partial charge in [0.2, 0.25) is 0 Å². The Bertz CT molecular complexity index is 819. The normalized spacial score (nSPS) is 11.0. The second-order valence-electron chi connectivity index (χ2n) is 4.68. The van der Waals surface area contributed by atoms with Crippen LogP contribution in [0.4, 0.5) is 5.69 Å². The molecule has 0 saturated carbocycles. The Labute approximate surface area is 137 Å². The zero-order chi connectivity index (χ0) is 16.3. The summed E-state index contributed by atoms with van der Waals surface area (Å²) >= 11 is 3.34. The van der Waals surface area contributed by atoms with Crippen LogP contribution in [-0.2, 0) is 10.0 Å². The highest BCUT2D eigenvalue weighted by molar-refractivity contribution is 9.10. The van der Waals surface area contributed by atoms with E-state index in [0.717, 1.165) is 10.0 Å². The molecule has 1 amide bonds. The summed E-state index contributed by atoms with van der Waals surface area (Å²) in [5.74, 6) is -0.277. The maximum Gasteiger partial charge on any atom is 0.261 e. The van der Waals surface area contributed by atoms with Crippen molar-refractivity contribution in [2.45, 2.75) is 11.8 Å². The number of sulfonamides is 1. The summed E-state index contributed by atoms with van der Waals surface area (Å²) in [5.41, 5.74) is 1.54. The van der Waals surface area contributed by atoms with Crippen LogP contribution in [0.25, 0.3) is 0 Å². The third kappa shape index (κ3) is 3.66. The van der Waals surface area contributed by atoms with Gasteiger partial charge < -0.3 is 5.32 Å². The first-order valence-electron chi connectivity index (χ1n) is 6.44. The third-order valence-electron chi connectivity index (χ3n) is 3.04. The molecule has 0 radical (unpaired) electrons. The Kier molecular flexibility index (Phi) is 4.87. The van der Waals surface area contributed by atoms with E-state index in [1.165, 1.54) is 19.2 Å². The molecule has 0 fully saturated rings. The molecule has 5 nitrogen and oxygen atoms in total. The molecule has 0 saturated heterocycles. The third-order valence-corrected chi connectivity index (χ3v) is 5.31. The molecule has 7 heteroatoms. The first-order valence-corrected chi connectivity index (χ1v) is 8.72. The van der Waals surface area contributed by atoms with Crippen molar-refractivity contribution in [2.75, 3.05) is 11.8 Å². The van der Waals surface area contributed by atoms with E-state index in [1.54, 1.807) is 30.3 Å². The number of nitrogens with one attached hydrogen (secondary N) is 2. The number of amides is 1. The quantitative estimate of drug-likeness (QED) is 0.853. The standard InChI is InChI=1S/C15H15BrN2O3S/c1-10-8-13(6-7-14(10)16)22(20,21)18-12-5-3-4-11(9-12)15(19)17-2/h3-9,18H,1-2H3,(H,17,19). The Morgan fingerprint density at radius 2 is 1.86 bits per heavy atom. The molecule has 0 aliphatic heterocycles. The molecule has 2 N–H and O–H groups in total. The number of halogens is 1. The van der Waals surface area contributed by atoms with Gasteiger partial charge in [0.15, 0.2) is 0 Å². The van der Waals surface area contributed by atoms with Gasteiger partial charge in [0, 0.05) is 22.8 Å². The fourth-order valence-electron chi connectivity index (χ4n) is 1.87. The number of benzene rings is 2. The highest BCUT2D eigenvalue weighted by Gasteiger charge is 2.15. The van der Waals surface area contributed by atoms with Crippen molar-refractivity contribution >= 4 is 37.5 Å². The van der Waals surface area contributed by atoms with Gasteiger partial charge >= 0.3 is 0 Å². The molecule has 0 atom stereocenters. The average molecular weight is 383 g/mol. The van der Waals surface area contributed by atoms with E-state index in [0.29, 0.717) is 11.3 Å². The second-order valence-corrected chi connectivity index (χ2v) is 7.21. The fourth-order valence-corrected chi connectivity index (χ4v) is 3.25. The van der Waals surface area contributed by atoms with Gasteiger partial charge in [-0.3, -0.25) is 9.52 Å². The van der Waals surface area contributed by atoms with Crippen molar-refractivity contribution in [3.8, 4) is 0 Å². The molecule has 0 unspecified atom stereocenters. The first-order chi connectivity index (χ1) is 10.3. The molecule has 0 heterocycles. The van der Waals surface area contributed by atoms with Crippen molar-refractivity contribution in [2.24, 2.45) is 0 Å². The lowest BCUT2D eigenvalue weighted by Gasteiger charge is -2.10. The molecule has 116 valence electrons. The maximum atomic E-state index is 12.4. The summed E-state index contributed by atoms with van der Waals surface area (Å²) in [6.07, 6.45) is 0. The van der Waals surface area contributed by atoms with Gasteiger partial charge in [-0.2, -0.15) is 0 Å². The number of anilines is 1. The van der Waals surface area contributed by atoms with Gasteiger partial charge in [0.1, 0.15) is 0 Å². The predicted molar refractivity (Wildman–Crippen MR) is 89.5 cm³/mol. The fraction of sp³-hybridized carbons (Fsp3) is 0.133. The summed E-state index contributed by atoms with van der Waals surface area (Å²) in [6.45, 7) is 1.81. The van der Waals surface area contributed by atoms with Crippen molar-refractivity contribution in [1.29, 1.82) is 0 Å². The van der Waals surface area contributed by atoms with Crippen LogP contribution in [0.5, 0.6) is 0 Å². The number of rotatable bonds is 4. The molecule has 2 aromatic rings. The van der Waals surface area contributed by atoms with Crippen molar-refractivity contribution in [1.82, 2.24) is 5.32 Å². The molecular weight excluding hydrogens is 368 g/mol. The lowest BCUT2D eigenvalue weighted by molar-refractivity contribution is 0.0963. The van der Waals surface area contributed by atoms with Crippen molar-refractivity contribution in [3.05, 3.63) is 58.1 Å². The summed E-state index contributed by atoms with van der Waals surface area (Å²) in [7, 11) is -2.19. The minimum absolute atomic E-state index is 0.165. The Balaban J connectivity index is 2.32. The molecule has 2 rings (SSSR count). The van der Waals surface area contributed by atoms with Crippen LogP contribution in [0.1, 0.15) is 15.9 Å². The Morgan fingerprint density at radius 1 is 1.14 bits per heavy atom. The topological polar surface area (TPSA) is 75.3 Å². The molecular formula is C15H15BrN2O3S. The van der Waals surface area contributed by atoms with Crippen molar-refractivity contribution < 1.29 is 13.2 Å². The molecule has 0 aliphatic rings. The van der Waals surface area contributed by atoms with Gasteiger partial charge in [-0.1, -0.05) is 22.0 Å². The van der Waals surface area contributed by atoms with E-state index >= 15 is 0 Å². The Hall–Kier alpha value is -1.86. The van der Waals surface area contributed by atoms with E-state index < -0.39 is 10.0 Å². The second kappa shape index (κ2) is 6.50. The lowest BCUT2D eigenvalue weighted by Crippen LogP contribution is -2.18. The molecule has 0 aromatic heterocycles. The van der Waals surface area contributed by atoms with Gasteiger partial charge in [0.05, 0.1) is 4.90 Å². The van der Waals surface area contributed by atoms with E-state index in [-0.39, 0.29) is 10.8 Å². The first kappa shape index (κ1) is 16.5. The van der Waals surface area contributed by atoms with Gasteiger partial charge in [-0.05, 0) is 48.9 Å². The van der Waals surface area contributed by atoms with E-state index in [9.17, 15) is 13.2 Å². The number of carbonyl (C=O) groups is 1. The van der Waals surface area contributed by atoms with Crippen LogP contribution in [0.3, 0.4) is 0 Å². The number of carbonyl (C=O) groups excluding carboxylic acids is 1. The molecule has 0 bridgehead atoms. The van der Waals surface area contributed by atoms with Crippen LogP contribution in [-0.4, -0.2) is 21.4 Å². The summed E-state index contributed by atoms with van der Waals surface area (Å²) < 4.78 is 28.1. The SMILES string of the molecule is CNC(=O)c1cccc(NS(=O)(=O)c2ccc(Br)c(C)c2)c1. The van der Waals surface area contributed by atoms with Crippen LogP contribution >= 0.6 is 15.9 Å². The van der Waals surface area contributed by atoms with E-state index in [4.69, 9.17) is 0 Å². The predicted octanol–water partition coefficient (Wildman–Crippen LogP) is 2.92. The summed E-state index contributed by atoms with van der Waals surface area (Å²) in [4.78, 5) is 11.8. The molecule has 22 heavy (non-hydrogen) atoms. The lowest BCUT2D eigenvalue weighted by atomic mass is 10.2. The van der Waals surface area contributed by atoms with Gasteiger partial charge in [-0.15, -0.1) is 0 Å². The number of hydrogen-bond acceptors (Lipinski definition) is 3. The zero-order valence-corrected chi connectivity index (χ0v) is 14.5. The summed E-state index contributed by atoms with van der Waals surface area (Å²) in [5, 5.41) is 2.50. The molecule has 0 spiro atoms. The van der Waals surface area contributed by atoms with Gasteiger partial charge in [0.25, 0.3) is 15.9 Å². The minimum atomic E-state index is -3.70. The Morgan fingerprint density at radius 3 is 2.50 bits per heavy atom. The largest absolute Gasteiger partial charge is 0.355 e. The zero-order valence-electron chi connectivity index (χ0n) is 12.1. The van der Waals surface area contributed by atoms with E-state index in [1.807, 2.05) is 6.92 Å². The highest BCUT2D eigenvalue weighted by Crippen LogP contribution is 2.22. The van der Waals surface area contributed by atoms with Crippen LogP contribution in [0.2, 0.25) is 0 Å². The van der Waals surface area contributed by atoms with Crippen LogP contribution < -0.4 is 10.0 Å². The van der Waals surface area contributed by atoms with Gasteiger partial charge in [-0.25, -0.2) is 8.42 Å². The number of hydrogen-bond donors (Lipinski definition) is 2. The van der Waals surface area contributed by atoms with Crippen molar-refractivity contribution in [3.63, 3.8) is 0 Å². The van der Waals surface area contributed by atoms with E-state index in [2.05, 4.69) is 26.0 Å².